The van der Waals surface area contributed by atoms with Crippen LogP contribution in [-0.4, -0.2) is 34.2 Å². The molecule has 1 aromatic carbocycles. The molecule has 4 heterocycles. The molecular formula is C21H19N5O2. The fourth-order valence-corrected chi connectivity index (χ4v) is 3.68. The molecule has 0 fully saturated rings. The molecule has 3 aromatic rings. The van der Waals surface area contributed by atoms with Crippen molar-refractivity contribution in [2.24, 2.45) is 0 Å². The van der Waals surface area contributed by atoms with E-state index in [4.69, 9.17) is 4.74 Å². The highest BCUT2D eigenvalue weighted by Gasteiger charge is 2.26. The van der Waals surface area contributed by atoms with Gasteiger partial charge in [0, 0.05) is 46.9 Å². The van der Waals surface area contributed by atoms with E-state index in [1.54, 1.807) is 6.20 Å². The topological polar surface area (TPSA) is 91.9 Å². The number of H-pyrrole nitrogens is 1. The van der Waals surface area contributed by atoms with Gasteiger partial charge in [0.1, 0.15) is 12.3 Å². The number of hydrogen-bond donors (Lipinski definition) is 3. The molecular weight excluding hydrogens is 354 g/mol. The van der Waals surface area contributed by atoms with Crippen molar-refractivity contribution >= 4 is 28.9 Å². The Labute approximate surface area is 161 Å². The SMILES string of the molecule is Cc1n[nH]cc1/C=C1\C(=O)Nc2ccc(-c3cnc4c(c3C)NCCO4)cc21. The number of fused-ring (bicyclic) bond motifs is 2. The summed E-state index contributed by atoms with van der Waals surface area (Å²) in [6.45, 7) is 5.34. The number of aromatic amines is 1. The first kappa shape index (κ1) is 16.6. The number of nitrogens with one attached hydrogen (secondary N) is 3. The Kier molecular flexibility index (Phi) is 3.68. The molecule has 0 spiro atoms. The molecule has 0 saturated heterocycles. The Morgan fingerprint density at radius 2 is 2.11 bits per heavy atom. The summed E-state index contributed by atoms with van der Waals surface area (Å²) in [5.74, 6) is 0.532. The van der Waals surface area contributed by atoms with E-state index in [9.17, 15) is 4.79 Å². The van der Waals surface area contributed by atoms with Crippen molar-refractivity contribution in [1.29, 1.82) is 0 Å². The van der Waals surface area contributed by atoms with Gasteiger partial charge in [-0.2, -0.15) is 5.10 Å². The van der Waals surface area contributed by atoms with Crippen LogP contribution < -0.4 is 15.4 Å². The molecule has 7 nitrogen and oxygen atoms in total. The molecule has 2 aliphatic rings. The zero-order valence-electron chi connectivity index (χ0n) is 15.6. The van der Waals surface area contributed by atoms with Crippen molar-refractivity contribution in [3.8, 4) is 17.0 Å². The largest absolute Gasteiger partial charge is 0.474 e. The molecule has 2 aliphatic heterocycles. The number of aromatic nitrogens is 3. The van der Waals surface area contributed by atoms with Gasteiger partial charge < -0.3 is 15.4 Å². The average molecular weight is 373 g/mol. The van der Waals surface area contributed by atoms with Crippen LogP contribution in [0.5, 0.6) is 5.88 Å². The van der Waals surface area contributed by atoms with Gasteiger partial charge in [0.25, 0.3) is 5.91 Å². The fraction of sp³-hybridized carbons (Fsp3) is 0.190. The minimum Gasteiger partial charge on any atom is -0.474 e. The molecule has 0 aliphatic carbocycles. The van der Waals surface area contributed by atoms with Crippen molar-refractivity contribution in [3.05, 3.63) is 53.0 Å². The third kappa shape index (κ3) is 2.55. The number of benzene rings is 1. The number of anilines is 2. The summed E-state index contributed by atoms with van der Waals surface area (Å²) in [7, 11) is 0. The lowest BCUT2D eigenvalue weighted by Gasteiger charge is -2.21. The summed E-state index contributed by atoms with van der Waals surface area (Å²) >= 11 is 0. The van der Waals surface area contributed by atoms with Gasteiger partial charge in [-0.3, -0.25) is 9.89 Å². The van der Waals surface area contributed by atoms with Gasteiger partial charge in [0.05, 0.1) is 5.69 Å². The summed E-state index contributed by atoms with van der Waals surface area (Å²) in [6, 6.07) is 5.98. The minimum atomic E-state index is -0.108. The van der Waals surface area contributed by atoms with Crippen molar-refractivity contribution in [2.45, 2.75) is 13.8 Å². The van der Waals surface area contributed by atoms with Crippen LogP contribution in [0.15, 0.2) is 30.6 Å². The molecule has 0 bridgehead atoms. The van der Waals surface area contributed by atoms with Crippen LogP contribution in [0, 0.1) is 13.8 Å². The standard InChI is InChI=1S/C21H19N5O2/c1-11-17(10-23-21-19(11)22-5-6-28-21)13-3-4-18-15(7-13)16(20(27)25-18)8-14-9-24-26-12(14)2/h3-4,7-10,22H,5-6H2,1-2H3,(H,24,26)(H,25,27)/b16-8-. The first-order valence-corrected chi connectivity index (χ1v) is 9.16. The maximum absolute atomic E-state index is 12.5. The lowest BCUT2D eigenvalue weighted by molar-refractivity contribution is -0.110. The number of amides is 1. The molecule has 0 radical (unpaired) electrons. The van der Waals surface area contributed by atoms with E-state index in [-0.39, 0.29) is 5.91 Å². The van der Waals surface area contributed by atoms with Crippen LogP contribution in [0.2, 0.25) is 0 Å². The van der Waals surface area contributed by atoms with E-state index in [1.807, 2.05) is 37.4 Å². The van der Waals surface area contributed by atoms with E-state index in [1.165, 1.54) is 0 Å². The summed E-state index contributed by atoms with van der Waals surface area (Å²) in [6.07, 6.45) is 5.49. The number of pyridine rings is 1. The summed E-state index contributed by atoms with van der Waals surface area (Å²) in [4.78, 5) is 17.0. The molecule has 5 rings (SSSR count). The van der Waals surface area contributed by atoms with E-state index in [2.05, 4.69) is 32.7 Å². The molecule has 0 atom stereocenters. The second-order valence-electron chi connectivity index (χ2n) is 6.95. The zero-order valence-corrected chi connectivity index (χ0v) is 15.6. The Morgan fingerprint density at radius 3 is 2.93 bits per heavy atom. The fourth-order valence-electron chi connectivity index (χ4n) is 3.68. The van der Waals surface area contributed by atoms with Crippen molar-refractivity contribution < 1.29 is 9.53 Å². The number of carbonyl (C=O) groups excluding carboxylic acids is 1. The molecule has 3 N–H and O–H groups in total. The molecule has 28 heavy (non-hydrogen) atoms. The first-order valence-electron chi connectivity index (χ1n) is 9.16. The van der Waals surface area contributed by atoms with Crippen LogP contribution in [0.4, 0.5) is 11.4 Å². The maximum atomic E-state index is 12.5. The number of ether oxygens (including phenoxy) is 1. The van der Waals surface area contributed by atoms with Gasteiger partial charge in [0.15, 0.2) is 0 Å². The highest BCUT2D eigenvalue weighted by molar-refractivity contribution is 6.35. The Bertz CT molecular complexity index is 1150. The van der Waals surface area contributed by atoms with Crippen LogP contribution in [0.25, 0.3) is 22.8 Å². The van der Waals surface area contributed by atoms with Crippen LogP contribution in [0.1, 0.15) is 22.4 Å². The summed E-state index contributed by atoms with van der Waals surface area (Å²) in [5, 5.41) is 13.3. The Morgan fingerprint density at radius 1 is 1.21 bits per heavy atom. The third-order valence-corrected chi connectivity index (χ3v) is 5.23. The predicted octanol–water partition coefficient (Wildman–Crippen LogP) is 3.39. The predicted molar refractivity (Wildman–Crippen MR) is 108 cm³/mol. The molecule has 0 saturated carbocycles. The smallest absolute Gasteiger partial charge is 0.256 e. The lowest BCUT2D eigenvalue weighted by atomic mass is 9.96. The van der Waals surface area contributed by atoms with Crippen molar-refractivity contribution in [1.82, 2.24) is 15.2 Å². The number of nitrogens with zero attached hydrogens (tertiary/aromatic N) is 2. The van der Waals surface area contributed by atoms with Gasteiger partial charge in [-0.15, -0.1) is 0 Å². The number of rotatable bonds is 2. The summed E-state index contributed by atoms with van der Waals surface area (Å²) in [5.41, 5.74) is 8.11. The zero-order chi connectivity index (χ0) is 19.3. The molecule has 7 heteroatoms. The van der Waals surface area contributed by atoms with Crippen LogP contribution in [-0.2, 0) is 4.79 Å². The molecule has 2 aromatic heterocycles. The second-order valence-corrected chi connectivity index (χ2v) is 6.95. The number of aryl methyl sites for hydroxylation is 1. The van der Waals surface area contributed by atoms with E-state index >= 15 is 0 Å². The van der Waals surface area contributed by atoms with E-state index in [0.29, 0.717) is 18.1 Å². The first-order chi connectivity index (χ1) is 13.6. The van der Waals surface area contributed by atoms with Gasteiger partial charge in [-0.05, 0) is 43.2 Å². The summed E-state index contributed by atoms with van der Waals surface area (Å²) < 4.78 is 5.62. The highest BCUT2D eigenvalue weighted by Crippen LogP contribution is 2.39. The maximum Gasteiger partial charge on any atom is 0.256 e. The van der Waals surface area contributed by atoms with E-state index in [0.717, 1.165) is 51.4 Å². The third-order valence-electron chi connectivity index (χ3n) is 5.23. The van der Waals surface area contributed by atoms with Crippen molar-refractivity contribution in [3.63, 3.8) is 0 Å². The molecule has 140 valence electrons. The quantitative estimate of drug-likeness (QED) is 0.599. The Hall–Kier alpha value is -3.61. The van der Waals surface area contributed by atoms with Crippen LogP contribution in [0.3, 0.4) is 0 Å². The lowest BCUT2D eigenvalue weighted by Crippen LogP contribution is -2.20. The monoisotopic (exact) mass is 373 g/mol. The van der Waals surface area contributed by atoms with Crippen LogP contribution >= 0.6 is 0 Å². The van der Waals surface area contributed by atoms with Gasteiger partial charge in [0.2, 0.25) is 5.88 Å². The molecule has 1 amide bonds. The normalized spacial score (nSPS) is 16.2. The van der Waals surface area contributed by atoms with Gasteiger partial charge in [-0.1, -0.05) is 6.07 Å². The van der Waals surface area contributed by atoms with Gasteiger partial charge >= 0.3 is 0 Å². The van der Waals surface area contributed by atoms with E-state index < -0.39 is 0 Å². The second kappa shape index (κ2) is 6.23. The number of hydrogen-bond acceptors (Lipinski definition) is 5. The minimum absolute atomic E-state index is 0.108. The molecule has 0 unspecified atom stereocenters. The highest BCUT2D eigenvalue weighted by atomic mass is 16.5. The number of carbonyl (C=O) groups is 1. The van der Waals surface area contributed by atoms with Crippen molar-refractivity contribution in [2.75, 3.05) is 23.8 Å². The average Bonchev–Trinajstić information content (AvgIpc) is 3.25. The van der Waals surface area contributed by atoms with Gasteiger partial charge in [-0.25, -0.2) is 4.98 Å². The Balaban J connectivity index is 1.61.